The highest BCUT2D eigenvalue weighted by Crippen LogP contribution is 2.28. The van der Waals surface area contributed by atoms with Crippen molar-refractivity contribution in [2.75, 3.05) is 14.2 Å². The standard InChI is InChI=1S/C30H25N3O7/c1-38-26-13-11-19(16-27(26)39-2)15-24(32-28(34)20-7-4-3-5-8-20)29(35)33-31-18-23-12-14-25(40-23)21-9-6-10-22(17-21)30(36)37/h3-18H,1-2H3,(H,32,34)(H,33,35)(H,36,37). The van der Waals surface area contributed by atoms with Crippen molar-refractivity contribution >= 4 is 30.1 Å². The van der Waals surface area contributed by atoms with E-state index in [4.69, 9.17) is 13.9 Å². The number of aromatic carboxylic acids is 1. The Balaban J connectivity index is 1.53. The number of hydrazone groups is 1. The summed E-state index contributed by atoms with van der Waals surface area (Å²) in [6.07, 6.45) is 2.77. The molecule has 10 heteroatoms. The van der Waals surface area contributed by atoms with Crippen LogP contribution >= 0.6 is 0 Å². The van der Waals surface area contributed by atoms with Crippen molar-refractivity contribution in [1.29, 1.82) is 0 Å². The number of carboxylic acid groups (broad SMARTS) is 1. The van der Waals surface area contributed by atoms with Gasteiger partial charge < -0.3 is 24.3 Å². The molecule has 3 N–H and O–H groups in total. The molecule has 40 heavy (non-hydrogen) atoms. The predicted molar refractivity (Wildman–Crippen MR) is 148 cm³/mol. The van der Waals surface area contributed by atoms with Crippen molar-refractivity contribution in [3.8, 4) is 22.8 Å². The summed E-state index contributed by atoms with van der Waals surface area (Å²) in [5, 5.41) is 15.8. The first-order valence-electron chi connectivity index (χ1n) is 11.9. The van der Waals surface area contributed by atoms with Crippen molar-refractivity contribution in [3.05, 3.63) is 113 Å². The number of nitrogens with one attached hydrogen (secondary N) is 2. The maximum atomic E-state index is 13.1. The Labute approximate surface area is 229 Å². The first-order valence-corrected chi connectivity index (χ1v) is 11.9. The van der Waals surface area contributed by atoms with Crippen LogP contribution in [-0.2, 0) is 4.79 Å². The van der Waals surface area contributed by atoms with E-state index in [-0.39, 0.29) is 11.3 Å². The zero-order chi connectivity index (χ0) is 28.5. The number of hydrogen-bond acceptors (Lipinski definition) is 7. The largest absolute Gasteiger partial charge is 0.493 e. The Morgan fingerprint density at radius 3 is 2.33 bits per heavy atom. The minimum absolute atomic E-state index is 0.0659. The fourth-order valence-electron chi connectivity index (χ4n) is 3.65. The lowest BCUT2D eigenvalue weighted by molar-refractivity contribution is -0.117. The van der Waals surface area contributed by atoms with Gasteiger partial charge in [0, 0.05) is 11.1 Å². The van der Waals surface area contributed by atoms with Crippen LogP contribution in [-0.4, -0.2) is 43.3 Å². The van der Waals surface area contributed by atoms with Gasteiger partial charge in [-0.25, -0.2) is 10.2 Å². The topological polar surface area (TPSA) is 139 Å². The van der Waals surface area contributed by atoms with Gasteiger partial charge in [0.15, 0.2) is 11.5 Å². The van der Waals surface area contributed by atoms with Gasteiger partial charge in [-0.15, -0.1) is 0 Å². The third-order valence-electron chi connectivity index (χ3n) is 5.63. The van der Waals surface area contributed by atoms with Gasteiger partial charge in [-0.3, -0.25) is 9.59 Å². The zero-order valence-corrected chi connectivity index (χ0v) is 21.6. The summed E-state index contributed by atoms with van der Waals surface area (Å²) in [6.45, 7) is 0. The molecule has 0 aliphatic rings. The Kier molecular flexibility index (Phi) is 8.73. The second kappa shape index (κ2) is 12.7. The molecule has 0 aliphatic heterocycles. The van der Waals surface area contributed by atoms with E-state index < -0.39 is 17.8 Å². The van der Waals surface area contributed by atoms with Crippen molar-refractivity contribution in [2.24, 2.45) is 5.10 Å². The molecule has 0 saturated heterocycles. The van der Waals surface area contributed by atoms with E-state index in [0.29, 0.717) is 39.7 Å². The summed E-state index contributed by atoms with van der Waals surface area (Å²) < 4.78 is 16.3. The van der Waals surface area contributed by atoms with Crippen LogP contribution in [0, 0.1) is 0 Å². The number of nitrogens with zero attached hydrogens (tertiary/aromatic N) is 1. The lowest BCUT2D eigenvalue weighted by Gasteiger charge is -2.11. The summed E-state index contributed by atoms with van der Waals surface area (Å²) in [7, 11) is 3.01. The van der Waals surface area contributed by atoms with Crippen LogP contribution in [0.15, 0.2) is 100 Å². The van der Waals surface area contributed by atoms with E-state index in [1.807, 2.05) is 0 Å². The summed E-state index contributed by atoms with van der Waals surface area (Å²) in [5.74, 6) is -0.506. The second-order valence-electron chi connectivity index (χ2n) is 8.28. The average molecular weight is 540 g/mol. The van der Waals surface area contributed by atoms with Crippen molar-refractivity contribution in [3.63, 3.8) is 0 Å². The number of furan rings is 1. The van der Waals surface area contributed by atoms with Crippen LogP contribution in [0.25, 0.3) is 17.4 Å². The molecule has 0 atom stereocenters. The minimum Gasteiger partial charge on any atom is -0.493 e. The van der Waals surface area contributed by atoms with Crippen LogP contribution in [0.3, 0.4) is 0 Å². The summed E-state index contributed by atoms with van der Waals surface area (Å²) in [5.41, 5.74) is 3.96. The lowest BCUT2D eigenvalue weighted by atomic mass is 10.1. The van der Waals surface area contributed by atoms with Gasteiger partial charge in [-0.1, -0.05) is 36.4 Å². The molecule has 0 saturated carbocycles. The Morgan fingerprint density at radius 1 is 0.850 bits per heavy atom. The van der Waals surface area contributed by atoms with Gasteiger partial charge in [0.2, 0.25) is 0 Å². The van der Waals surface area contributed by atoms with E-state index in [1.54, 1.807) is 72.8 Å². The van der Waals surface area contributed by atoms with E-state index in [9.17, 15) is 19.5 Å². The van der Waals surface area contributed by atoms with Gasteiger partial charge in [-0.2, -0.15) is 5.10 Å². The second-order valence-corrected chi connectivity index (χ2v) is 8.28. The highest BCUT2D eigenvalue weighted by molar-refractivity contribution is 6.05. The number of methoxy groups -OCH3 is 2. The van der Waals surface area contributed by atoms with Crippen LogP contribution in [0.2, 0.25) is 0 Å². The first-order chi connectivity index (χ1) is 19.4. The van der Waals surface area contributed by atoms with Crippen LogP contribution in [0.4, 0.5) is 0 Å². The molecule has 10 nitrogen and oxygen atoms in total. The van der Waals surface area contributed by atoms with Gasteiger partial charge in [0.05, 0.1) is 26.0 Å². The first kappa shape index (κ1) is 27.4. The molecule has 4 aromatic rings. The fourth-order valence-corrected chi connectivity index (χ4v) is 3.65. The molecule has 0 unspecified atom stereocenters. The maximum Gasteiger partial charge on any atom is 0.335 e. The molecule has 1 heterocycles. The van der Waals surface area contributed by atoms with E-state index >= 15 is 0 Å². The Hall–Kier alpha value is -5.64. The van der Waals surface area contributed by atoms with Crippen molar-refractivity contribution < 1.29 is 33.4 Å². The van der Waals surface area contributed by atoms with E-state index in [0.717, 1.165) is 0 Å². The number of benzene rings is 3. The number of carbonyl (C=O) groups excluding carboxylic acids is 2. The van der Waals surface area contributed by atoms with E-state index in [1.165, 1.54) is 38.6 Å². The lowest BCUT2D eigenvalue weighted by Crippen LogP contribution is -2.32. The number of carboxylic acids is 1. The van der Waals surface area contributed by atoms with Crippen molar-refractivity contribution in [1.82, 2.24) is 10.7 Å². The summed E-state index contributed by atoms with van der Waals surface area (Å²) in [4.78, 5) is 37.1. The molecule has 2 amide bonds. The molecule has 3 aromatic carbocycles. The zero-order valence-electron chi connectivity index (χ0n) is 21.6. The molecule has 0 spiro atoms. The molecule has 4 rings (SSSR count). The van der Waals surface area contributed by atoms with Gasteiger partial charge in [0.25, 0.3) is 11.8 Å². The average Bonchev–Trinajstić information content (AvgIpc) is 3.46. The van der Waals surface area contributed by atoms with Crippen molar-refractivity contribution in [2.45, 2.75) is 0 Å². The molecule has 0 fully saturated rings. The summed E-state index contributed by atoms with van der Waals surface area (Å²) >= 11 is 0. The molecule has 0 aliphatic carbocycles. The molecule has 0 bridgehead atoms. The maximum absolute atomic E-state index is 13.1. The number of hydrogen-bond donors (Lipinski definition) is 3. The quantitative estimate of drug-likeness (QED) is 0.152. The van der Waals surface area contributed by atoms with Crippen LogP contribution < -0.4 is 20.2 Å². The highest BCUT2D eigenvalue weighted by atomic mass is 16.5. The Bertz CT molecular complexity index is 1590. The SMILES string of the molecule is COc1ccc(C=C(NC(=O)c2ccccc2)C(=O)NN=Cc2ccc(-c3cccc(C(=O)O)c3)o2)cc1OC. The van der Waals surface area contributed by atoms with E-state index in [2.05, 4.69) is 15.8 Å². The minimum atomic E-state index is -1.05. The number of amides is 2. The molecule has 0 radical (unpaired) electrons. The fraction of sp³-hybridized carbons (Fsp3) is 0.0667. The molecular formula is C30H25N3O7. The van der Waals surface area contributed by atoms with Crippen LogP contribution in [0.1, 0.15) is 32.0 Å². The van der Waals surface area contributed by atoms with Gasteiger partial charge >= 0.3 is 5.97 Å². The number of ether oxygens (including phenoxy) is 2. The third kappa shape index (κ3) is 6.81. The predicted octanol–water partition coefficient (Wildman–Crippen LogP) is 4.58. The molecule has 1 aromatic heterocycles. The Morgan fingerprint density at radius 2 is 1.60 bits per heavy atom. The van der Waals surface area contributed by atoms with Crippen LogP contribution in [0.5, 0.6) is 11.5 Å². The normalized spacial score (nSPS) is 11.2. The third-order valence-corrected chi connectivity index (χ3v) is 5.63. The number of carbonyl (C=O) groups is 3. The number of rotatable bonds is 10. The monoisotopic (exact) mass is 539 g/mol. The smallest absolute Gasteiger partial charge is 0.335 e. The molecular weight excluding hydrogens is 514 g/mol. The highest BCUT2D eigenvalue weighted by Gasteiger charge is 2.15. The van der Waals surface area contributed by atoms with Gasteiger partial charge in [0.1, 0.15) is 17.2 Å². The van der Waals surface area contributed by atoms with Gasteiger partial charge in [-0.05, 0) is 60.2 Å². The summed E-state index contributed by atoms with van der Waals surface area (Å²) in [6, 6.07) is 23.1. The molecule has 202 valence electrons.